The average Bonchev–Trinajstić information content (AvgIpc) is 2.83. The molecule has 2 rings (SSSR count). The molecule has 0 aliphatic carbocycles. The number of carbonyl (C=O) groups is 1. The van der Waals surface area contributed by atoms with Gasteiger partial charge < -0.3 is 19.4 Å². The van der Waals surface area contributed by atoms with Crippen molar-refractivity contribution in [3.05, 3.63) is 35.1 Å². The van der Waals surface area contributed by atoms with Crippen molar-refractivity contribution in [2.24, 2.45) is 0 Å². The third-order valence-corrected chi connectivity index (χ3v) is 5.62. The van der Waals surface area contributed by atoms with Crippen molar-refractivity contribution in [3.8, 4) is 0 Å². The van der Waals surface area contributed by atoms with E-state index in [1.807, 2.05) is 18.2 Å². The van der Waals surface area contributed by atoms with Crippen molar-refractivity contribution in [2.75, 3.05) is 6.54 Å². The summed E-state index contributed by atoms with van der Waals surface area (Å²) in [5.74, 6) is 0.244. The van der Waals surface area contributed by atoms with Gasteiger partial charge in [0.05, 0.1) is 11.2 Å². The Morgan fingerprint density at radius 2 is 1.70 bits per heavy atom. The first-order valence-electron chi connectivity index (χ1n) is 10.3. The van der Waals surface area contributed by atoms with E-state index in [2.05, 4.69) is 46.0 Å². The van der Waals surface area contributed by atoms with Crippen LogP contribution in [0.25, 0.3) is 5.32 Å². The van der Waals surface area contributed by atoms with Crippen molar-refractivity contribution < 1.29 is 14.1 Å². The summed E-state index contributed by atoms with van der Waals surface area (Å²) in [5.41, 5.74) is 1.39. The van der Waals surface area contributed by atoms with Crippen LogP contribution in [0.5, 0.6) is 0 Å². The van der Waals surface area contributed by atoms with Crippen LogP contribution in [0, 0.1) is 0 Å². The number of nitrogens with zero attached hydrogens (tertiary/aromatic N) is 1. The molecule has 150 valence electrons. The molecule has 5 heteroatoms. The fraction of sp³-hybridized carbons (Fsp3) is 0.682. The molecule has 0 N–H and O–H groups in total. The smallest absolute Gasteiger partial charge is 0.494 e. The van der Waals surface area contributed by atoms with E-state index < -0.39 is 0 Å². The maximum Gasteiger partial charge on any atom is 0.494 e. The number of ketones is 1. The molecule has 27 heavy (non-hydrogen) atoms. The number of hydrogen-bond donors (Lipinski definition) is 0. The molecule has 1 saturated heterocycles. The lowest BCUT2D eigenvalue weighted by atomic mass is 9.78. The van der Waals surface area contributed by atoms with E-state index in [1.165, 1.54) is 19.3 Å². The third kappa shape index (κ3) is 6.44. The van der Waals surface area contributed by atoms with Gasteiger partial charge in [-0.2, -0.15) is 0 Å². The van der Waals surface area contributed by atoms with Crippen LogP contribution in [-0.4, -0.2) is 30.6 Å². The standard InChI is InChI=1S/C22H35BNO3/c1-6-7-8-9-10-14-20(25)17-24-16-18-12-11-13-19(15-18)23-26-21(2,3)22(4,5)27-23/h11-13,15H,6-10,14,16-17H2,1-5H3/q-1. The molecule has 1 aromatic carbocycles. The number of unbranched alkanes of at least 4 members (excludes halogenated alkanes) is 4. The molecule has 4 nitrogen and oxygen atoms in total. The van der Waals surface area contributed by atoms with Crippen LogP contribution in [-0.2, 0) is 20.6 Å². The average molecular weight is 372 g/mol. The maximum absolute atomic E-state index is 12.0. The molecular weight excluding hydrogens is 337 g/mol. The summed E-state index contributed by atoms with van der Waals surface area (Å²) in [5, 5.41) is 4.45. The van der Waals surface area contributed by atoms with Crippen LogP contribution in [0.1, 0.15) is 78.7 Å². The lowest BCUT2D eigenvalue weighted by Gasteiger charge is -2.32. The van der Waals surface area contributed by atoms with Crippen LogP contribution in [0.4, 0.5) is 0 Å². The van der Waals surface area contributed by atoms with Gasteiger partial charge in [-0.15, -0.1) is 6.54 Å². The molecule has 1 aliphatic heterocycles. The molecule has 0 amide bonds. The summed E-state index contributed by atoms with van der Waals surface area (Å²) in [7, 11) is -0.361. The summed E-state index contributed by atoms with van der Waals surface area (Å²) in [6.45, 7) is 11.3. The Bertz CT molecular complexity index is 599. The zero-order valence-corrected chi connectivity index (χ0v) is 17.7. The Morgan fingerprint density at radius 1 is 1.04 bits per heavy atom. The predicted octanol–water partition coefficient (Wildman–Crippen LogP) is 4.79. The number of rotatable bonds is 11. The number of carbonyl (C=O) groups excluding carboxylic acids is 1. The normalized spacial score (nSPS) is 18.0. The van der Waals surface area contributed by atoms with Crippen molar-refractivity contribution in [1.82, 2.24) is 0 Å². The van der Waals surface area contributed by atoms with Gasteiger partial charge in [-0.25, -0.2) is 0 Å². The summed E-state index contributed by atoms with van der Waals surface area (Å²) < 4.78 is 12.2. The second-order valence-electron chi connectivity index (χ2n) is 8.58. The maximum atomic E-state index is 12.0. The minimum atomic E-state index is -0.361. The Kier molecular flexibility index (Phi) is 8.08. The Hall–Kier alpha value is -1.17. The van der Waals surface area contributed by atoms with Crippen molar-refractivity contribution in [1.29, 1.82) is 0 Å². The molecule has 0 saturated carbocycles. The SMILES string of the molecule is CCCCCCCC(=O)C[N-]Cc1cccc(B2OC(C)(C)C(C)(C)O2)c1. The summed E-state index contributed by atoms with van der Waals surface area (Å²) in [6.07, 6.45) is 6.52. The van der Waals surface area contributed by atoms with E-state index >= 15 is 0 Å². The molecule has 1 aromatic rings. The fourth-order valence-corrected chi connectivity index (χ4v) is 3.13. The van der Waals surface area contributed by atoms with Crippen LogP contribution < -0.4 is 5.46 Å². The fourth-order valence-electron chi connectivity index (χ4n) is 3.13. The van der Waals surface area contributed by atoms with E-state index in [9.17, 15) is 4.79 Å². The van der Waals surface area contributed by atoms with E-state index in [1.54, 1.807) is 0 Å². The quantitative estimate of drug-likeness (QED) is 0.415. The molecule has 1 fully saturated rings. The first-order valence-corrected chi connectivity index (χ1v) is 10.3. The Balaban J connectivity index is 1.77. The van der Waals surface area contributed by atoms with Gasteiger partial charge in [0.25, 0.3) is 0 Å². The number of benzene rings is 1. The molecule has 0 radical (unpaired) electrons. The highest BCUT2D eigenvalue weighted by Crippen LogP contribution is 2.36. The molecule has 0 unspecified atom stereocenters. The van der Waals surface area contributed by atoms with Gasteiger partial charge in [0, 0.05) is 6.42 Å². The van der Waals surface area contributed by atoms with E-state index in [-0.39, 0.29) is 24.1 Å². The van der Waals surface area contributed by atoms with Crippen molar-refractivity contribution in [2.45, 2.75) is 90.9 Å². The number of Topliss-reactive ketones (excluding diaryl/α,β-unsaturated/α-hetero) is 1. The molecule has 0 aromatic heterocycles. The minimum absolute atomic E-state index is 0.244. The highest BCUT2D eigenvalue weighted by molar-refractivity contribution is 6.62. The van der Waals surface area contributed by atoms with E-state index in [0.717, 1.165) is 23.9 Å². The molecule has 1 aliphatic rings. The summed E-state index contributed by atoms with van der Waals surface area (Å²) >= 11 is 0. The van der Waals surface area contributed by atoms with Crippen molar-refractivity contribution >= 4 is 18.4 Å². The van der Waals surface area contributed by atoms with Gasteiger partial charge in [0.2, 0.25) is 0 Å². The van der Waals surface area contributed by atoms with Gasteiger partial charge in [-0.1, -0.05) is 69.0 Å². The van der Waals surface area contributed by atoms with Gasteiger partial charge in [0.15, 0.2) is 0 Å². The monoisotopic (exact) mass is 372 g/mol. The second kappa shape index (κ2) is 9.86. The van der Waals surface area contributed by atoms with Crippen molar-refractivity contribution in [3.63, 3.8) is 0 Å². The lowest BCUT2D eigenvalue weighted by molar-refractivity contribution is -0.117. The molecule has 0 bridgehead atoms. The first kappa shape index (κ1) is 22.1. The van der Waals surface area contributed by atoms with Crippen LogP contribution in [0.3, 0.4) is 0 Å². The Labute approximate surface area is 165 Å². The Morgan fingerprint density at radius 3 is 2.37 bits per heavy atom. The highest BCUT2D eigenvalue weighted by Gasteiger charge is 2.51. The van der Waals surface area contributed by atoms with Crippen LogP contribution in [0.15, 0.2) is 24.3 Å². The molecular formula is C22H35BNO3-. The van der Waals surface area contributed by atoms with Gasteiger partial charge in [0.1, 0.15) is 5.78 Å². The lowest BCUT2D eigenvalue weighted by Crippen LogP contribution is -2.41. The highest BCUT2D eigenvalue weighted by atomic mass is 16.7. The summed E-state index contributed by atoms with van der Waals surface area (Å²) in [6, 6.07) is 8.13. The largest absolute Gasteiger partial charge is 0.652 e. The second-order valence-corrected chi connectivity index (χ2v) is 8.58. The first-order chi connectivity index (χ1) is 12.7. The third-order valence-electron chi connectivity index (χ3n) is 5.62. The van der Waals surface area contributed by atoms with Crippen LogP contribution in [0.2, 0.25) is 0 Å². The molecule has 0 atom stereocenters. The van der Waals surface area contributed by atoms with Gasteiger partial charge >= 0.3 is 7.12 Å². The zero-order valence-electron chi connectivity index (χ0n) is 17.7. The van der Waals surface area contributed by atoms with Gasteiger partial charge in [-0.3, -0.25) is 0 Å². The predicted molar refractivity (Wildman–Crippen MR) is 112 cm³/mol. The van der Waals surface area contributed by atoms with E-state index in [4.69, 9.17) is 9.31 Å². The van der Waals surface area contributed by atoms with E-state index in [0.29, 0.717) is 19.5 Å². The molecule has 1 heterocycles. The molecule has 0 spiro atoms. The van der Waals surface area contributed by atoms with Crippen LogP contribution >= 0.6 is 0 Å². The van der Waals surface area contributed by atoms with Gasteiger partial charge in [-0.05, 0) is 39.6 Å². The minimum Gasteiger partial charge on any atom is -0.652 e. The zero-order chi connectivity index (χ0) is 19.9. The summed E-state index contributed by atoms with van der Waals surface area (Å²) in [4.78, 5) is 12.0. The topological polar surface area (TPSA) is 49.6 Å². The number of hydrogen-bond acceptors (Lipinski definition) is 3.